The highest BCUT2D eigenvalue weighted by atomic mass is 32.2. The molecule has 4 nitrogen and oxygen atoms in total. The van der Waals surface area contributed by atoms with Crippen LogP contribution in [0.3, 0.4) is 0 Å². The zero-order valence-corrected chi connectivity index (χ0v) is 11.9. The fraction of sp³-hybridized carbons (Fsp3) is 0.500. The van der Waals surface area contributed by atoms with Crippen LogP contribution in [0.4, 0.5) is 13.2 Å². The number of pyridine rings is 1. The number of nitrogens with zero attached hydrogens (tertiary/aromatic N) is 2. The van der Waals surface area contributed by atoms with Crippen LogP contribution in [0, 0.1) is 0 Å². The molecule has 8 heteroatoms. The van der Waals surface area contributed by atoms with E-state index in [1.807, 2.05) is 0 Å². The molecule has 1 rings (SSSR count). The van der Waals surface area contributed by atoms with Gasteiger partial charge < -0.3 is 9.64 Å². The van der Waals surface area contributed by atoms with E-state index in [-0.39, 0.29) is 22.4 Å². The third-order valence-corrected chi connectivity index (χ3v) is 3.15. The lowest BCUT2D eigenvalue weighted by molar-refractivity contribution is -0.0329. The van der Waals surface area contributed by atoms with Gasteiger partial charge in [-0.25, -0.2) is 4.98 Å². The molecule has 1 aromatic rings. The molecule has 0 spiro atoms. The number of carbonyl (C=O) groups is 1. The molecule has 20 heavy (non-hydrogen) atoms. The molecular formula is C12H15F3N2O2S. The molecule has 0 radical (unpaired) electrons. The minimum absolute atomic E-state index is 0.0465. The number of carbonyl (C=O) groups excluding carboxylic acids is 1. The van der Waals surface area contributed by atoms with Crippen LogP contribution >= 0.6 is 11.8 Å². The highest BCUT2D eigenvalue weighted by Gasteiger charge is 2.32. The molecule has 1 aromatic heterocycles. The number of rotatable bonds is 6. The molecule has 0 fully saturated rings. The van der Waals surface area contributed by atoms with Crippen LogP contribution in [0.15, 0.2) is 23.4 Å². The highest BCUT2D eigenvalue weighted by Crippen LogP contribution is 2.37. The van der Waals surface area contributed by atoms with Crippen LogP contribution in [-0.2, 0) is 4.74 Å². The normalized spacial score (nSPS) is 11.4. The van der Waals surface area contributed by atoms with E-state index in [1.54, 1.807) is 7.11 Å². The summed E-state index contributed by atoms with van der Waals surface area (Å²) >= 11 is -0.382. The number of halogens is 3. The van der Waals surface area contributed by atoms with Crippen LogP contribution in [-0.4, -0.2) is 48.6 Å². The van der Waals surface area contributed by atoms with Crippen LogP contribution in [0.5, 0.6) is 0 Å². The van der Waals surface area contributed by atoms with Crippen LogP contribution in [0.1, 0.15) is 16.8 Å². The van der Waals surface area contributed by atoms with E-state index >= 15 is 0 Å². The second-order valence-corrected chi connectivity index (χ2v) is 5.03. The number of methoxy groups -OCH3 is 1. The van der Waals surface area contributed by atoms with Gasteiger partial charge in [-0.1, -0.05) is 0 Å². The van der Waals surface area contributed by atoms with Gasteiger partial charge in [0.15, 0.2) is 0 Å². The molecular weight excluding hydrogens is 293 g/mol. The van der Waals surface area contributed by atoms with E-state index in [2.05, 4.69) is 4.98 Å². The van der Waals surface area contributed by atoms with Gasteiger partial charge in [-0.15, -0.1) is 0 Å². The second-order valence-electron chi connectivity index (χ2n) is 3.98. The first-order valence-electron chi connectivity index (χ1n) is 5.80. The predicted octanol–water partition coefficient (Wildman–Crippen LogP) is 2.80. The third-order valence-electron chi connectivity index (χ3n) is 2.40. The van der Waals surface area contributed by atoms with E-state index in [0.29, 0.717) is 19.6 Å². The summed E-state index contributed by atoms with van der Waals surface area (Å²) in [5.41, 5.74) is -4.52. The lowest BCUT2D eigenvalue weighted by atomic mass is 10.2. The minimum Gasteiger partial charge on any atom is -0.385 e. The maximum atomic E-state index is 12.4. The lowest BCUT2D eigenvalue weighted by Gasteiger charge is -2.18. The van der Waals surface area contributed by atoms with E-state index < -0.39 is 11.4 Å². The average Bonchev–Trinajstić information content (AvgIpc) is 2.37. The molecule has 0 aromatic carbocycles. The summed E-state index contributed by atoms with van der Waals surface area (Å²) in [6.45, 7) is 0.881. The summed E-state index contributed by atoms with van der Waals surface area (Å²) < 4.78 is 42.1. The van der Waals surface area contributed by atoms with E-state index in [1.165, 1.54) is 30.3 Å². The largest absolute Gasteiger partial charge is 0.447 e. The molecule has 1 amide bonds. The minimum atomic E-state index is -4.47. The summed E-state index contributed by atoms with van der Waals surface area (Å²) in [5.74, 6) is -0.485. The van der Waals surface area contributed by atoms with E-state index in [9.17, 15) is 18.0 Å². The third kappa shape index (κ3) is 5.38. The quantitative estimate of drug-likeness (QED) is 0.599. The molecule has 0 N–H and O–H groups in total. The molecule has 0 atom stereocenters. The van der Waals surface area contributed by atoms with Crippen molar-refractivity contribution in [3.05, 3.63) is 23.9 Å². The van der Waals surface area contributed by atoms with Crippen molar-refractivity contribution in [3.63, 3.8) is 0 Å². The Morgan fingerprint density at radius 2 is 2.20 bits per heavy atom. The number of thioether (sulfide) groups is 1. The van der Waals surface area contributed by atoms with Gasteiger partial charge in [0.05, 0.1) is 5.56 Å². The molecule has 1 heterocycles. The zero-order chi connectivity index (χ0) is 15.2. The molecule has 0 bridgehead atoms. The number of amides is 1. The maximum absolute atomic E-state index is 12.4. The van der Waals surface area contributed by atoms with Gasteiger partial charge in [-0.3, -0.25) is 4.79 Å². The number of ether oxygens (including phenoxy) is 1. The van der Waals surface area contributed by atoms with Gasteiger partial charge in [0.1, 0.15) is 5.03 Å². The van der Waals surface area contributed by atoms with E-state index in [4.69, 9.17) is 4.74 Å². The smallest absolute Gasteiger partial charge is 0.385 e. The Morgan fingerprint density at radius 1 is 1.50 bits per heavy atom. The fourth-order valence-electron chi connectivity index (χ4n) is 1.50. The van der Waals surface area contributed by atoms with Crippen molar-refractivity contribution in [2.75, 3.05) is 27.3 Å². The lowest BCUT2D eigenvalue weighted by Crippen LogP contribution is -2.29. The first-order valence-corrected chi connectivity index (χ1v) is 6.62. The van der Waals surface area contributed by atoms with Crippen molar-refractivity contribution in [2.24, 2.45) is 0 Å². The average molecular weight is 308 g/mol. The van der Waals surface area contributed by atoms with Gasteiger partial charge in [-0.05, 0) is 18.6 Å². The molecule has 112 valence electrons. The standard InChI is InChI=1S/C12H15F3N2O2S/c1-17(7-4-8-19-2)11(18)9-5-3-6-16-10(9)20-12(13,14)15/h3,5-6H,4,7-8H2,1-2H3. The number of hydrogen-bond acceptors (Lipinski definition) is 4. The predicted molar refractivity (Wildman–Crippen MR) is 69.6 cm³/mol. The first-order chi connectivity index (χ1) is 9.35. The molecule has 0 unspecified atom stereocenters. The van der Waals surface area contributed by atoms with Crippen LogP contribution < -0.4 is 0 Å². The number of hydrogen-bond donors (Lipinski definition) is 0. The zero-order valence-electron chi connectivity index (χ0n) is 11.1. The molecule has 0 saturated carbocycles. The SMILES string of the molecule is COCCCN(C)C(=O)c1cccnc1SC(F)(F)F. The van der Waals surface area contributed by atoms with Gasteiger partial charge >= 0.3 is 5.51 Å². The van der Waals surface area contributed by atoms with Crippen molar-refractivity contribution < 1.29 is 22.7 Å². The van der Waals surface area contributed by atoms with Gasteiger partial charge in [0.2, 0.25) is 0 Å². The van der Waals surface area contributed by atoms with Crippen LogP contribution in [0.25, 0.3) is 0 Å². The van der Waals surface area contributed by atoms with Gasteiger partial charge in [-0.2, -0.15) is 13.2 Å². The summed E-state index contributed by atoms with van der Waals surface area (Å²) in [5, 5.41) is -0.330. The van der Waals surface area contributed by atoms with Crippen molar-refractivity contribution in [1.29, 1.82) is 0 Å². The van der Waals surface area contributed by atoms with Gasteiger partial charge in [0.25, 0.3) is 5.91 Å². The van der Waals surface area contributed by atoms with Crippen molar-refractivity contribution in [2.45, 2.75) is 17.0 Å². The Hall–Kier alpha value is -1.28. The molecule has 0 aliphatic heterocycles. The van der Waals surface area contributed by atoms with Crippen molar-refractivity contribution >= 4 is 17.7 Å². The molecule has 0 aliphatic rings. The Balaban J connectivity index is 2.82. The van der Waals surface area contributed by atoms with Crippen molar-refractivity contribution in [1.82, 2.24) is 9.88 Å². The topological polar surface area (TPSA) is 42.4 Å². The summed E-state index contributed by atoms with van der Waals surface area (Å²) in [6, 6.07) is 2.78. The van der Waals surface area contributed by atoms with Gasteiger partial charge in [0, 0.05) is 45.3 Å². The first kappa shape index (κ1) is 16.8. The Kier molecular flexibility index (Phi) is 6.28. The van der Waals surface area contributed by atoms with Crippen LogP contribution in [0.2, 0.25) is 0 Å². The molecule has 0 aliphatic carbocycles. The maximum Gasteiger partial charge on any atom is 0.447 e. The van der Waals surface area contributed by atoms with E-state index in [0.717, 1.165) is 0 Å². The number of aromatic nitrogens is 1. The Morgan fingerprint density at radius 3 is 2.80 bits per heavy atom. The van der Waals surface area contributed by atoms with Crippen molar-refractivity contribution in [3.8, 4) is 0 Å². The second kappa shape index (κ2) is 7.49. The Labute approximate surface area is 119 Å². The monoisotopic (exact) mass is 308 g/mol. The highest BCUT2D eigenvalue weighted by molar-refractivity contribution is 8.00. The summed E-state index contributed by atoms with van der Waals surface area (Å²) in [4.78, 5) is 17.1. The summed E-state index contributed by atoms with van der Waals surface area (Å²) in [6.07, 6.45) is 1.84. The molecule has 0 saturated heterocycles. The summed E-state index contributed by atoms with van der Waals surface area (Å²) in [7, 11) is 3.08. The Bertz CT molecular complexity index is 455. The fourth-order valence-corrected chi connectivity index (χ4v) is 2.10. The number of alkyl halides is 3.